The lowest BCUT2D eigenvalue weighted by atomic mass is 10.0. The minimum Gasteiger partial charge on any atom is -0.381 e. The fourth-order valence-electron chi connectivity index (χ4n) is 2.17. The van der Waals surface area contributed by atoms with Gasteiger partial charge in [0.15, 0.2) is 0 Å². The monoisotopic (exact) mass is 263 g/mol. The van der Waals surface area contributed by atoms with Crippen LogP contribution in [0, 0.1) is 5.92 Å². The predicted molar refractivity (Wildman–Crippen MR) is 74.3 cm³/mol. The van der Waals surface area contributed by atoms with Crippen molar-refractivity contribution in [1.82, 2.24) is 10.3 Å². The summed E-state index contributed by atoms with van der Waals surface area (Å²) in [7, 11) is 0. The Morgan fingerprint density at radius 2 is 2.42 bits per heavy atom. The molecule has 0 aliphatic carbocycles. The van der Waals surface area contributed by atoms with Crippen LogP contribution < -0.4 is 10.6 Å². The van der Waals surface area contributed by atoms with Crippen LogP contribution in [0.5, 0.6) is 0 Å². The van der Waals surface area contributed by atoms with Crippen LogP contribution >= 0.6 is 0 Å². The molecule has 0 radical (unpaired) electrons. The van der Waals surface area contributed by atoms with E-state index in [4.69, 9.17) is 4.74 Å². The molecule has 0 bridgehead atoms. The highest BCUT2D eigenvalue weighted by atomic mass is 16.5. The number of amides is 1. The topological polar surface area (TPSA) is 63.2 Å². The van der Waals surface area contributed by atoms with Gasteiger partial charge < -0.3 is 15.4 Å². The van der Waals surface area contributed by atoms with E-state index in [1.165, 1.54) is 0 Å². The molecule has 0 spiro atoms. The first-order chi connectivity index (χ1) is 9.20. The molecule has 1 fully saturated rings. The molecule has 104 valence electrons. The molecule has 2 atom stereocenters. The number of pyridine rings is 1. The molecule has 1 aromatic heterocycles. The highest BCUT2D eigenvalue weighted by Gasteiger charge is 2.23. The molecule has 1 aliphatic rings. The number of hydrogen-bond acceptors (Lipinski definition) is 4. The van der Waals surface area contributed by atoms with Crippen LogP contribution in [0.2, 0.25) is 0 Å². The Morgan fingerprint density at radius 1 is 1.58 bits per heavy atom. The van der Waals surface area contributed by atoms with E-state index in [1.807, 2.05) is 19.9 Å². The Hall–Kier alpha value is -1.62. The number of hydrogen-bond donors (Lipinski definition) is 2. The second-order valence-corrected chi connectivity index (χ2v) is 4.85. The number of nitrogens with zero attached hydrogens (tertiary/aromatic N) is 1. The summed E-state index contributed by atoms with van der Waals surface area (Å²) in [5.74, 6) is 1.13. The van der Waals surface area contributed by atoms with Crippen molar-refractivity contribution in [3.63, 3.8) is 0 Å². The maximum Gasteiger partial charge on any atom is 0.253 e. The quantitative estimate of drug-likeness (QED) is 0.848. The van der Waals surface area contributed by atoms with Gasteiger partial charge in [0, 0.05) is 31.3 Å². The lowest BCUT2D eigenvalue weighted by molar-refractivity contribution is 0.0922. The van der Waals surface area contributed by atoms with Crippen molar-refractivity contribution >= 4 is 11.7 Å². The molecule has 1 aliphatic heterocycles. The Labute approximate surface area is 113 Å². The van der Waals surface area contributed by atoms with Gasteiger partial charge in [-0.25, -0.2) is 4.98 Å². The molecule has 2 unspecified atom stereocenters. The van der Waals surface area contributed by atoms with Gasteiger partial charge in [0.05, 0.1) is 12.2 Å². The number of ether oxygens (including phenoxy) is 1. The van der Waals surface area contributed by atoms with Gasteiger partial charge in [-0.15, -0.1) is 0 Å². The molecule has 2 rings (SSSR count). The van der Waals surface area contributed by atoms with Crippen LogP contribution in [0.4, 0.5) is 5.82 Å². The molecule has 2 heterocycles. The van der Waals surface area contributed by atoms with Crippen molar-refractivity contribution in [3.05, 3.63) is 23.9 Å². The average molecular weight is 263 g/mol. The van der Waals surface area contributed by atoms with Crippen LogP contribution in [-0.2, 0) is 4.74 Å². The standard InChI is InChI=1S/C14H21N3O2/c1-3-15-13-5-4-11(8-16-13)14(18)17-10(2)12-6-7-19-9-12/h4-5,8,10,12H,3,6-7,9H2,1-2H3,(H,15,16)(H,17,18). The third-order valence-corrected chi connectivity index (χ3v) is 3.41. The van der Waals surface area contributed by atoms with Crippen LogP contribution in [0.1, 0.15) is 30.6 Å². The van der Waals surface area contributed by atoms with Gasteiger partial charge in [0.1, 0.15) is 5.82 Å². The van der Waals surface area contributed by atoms with Crippen molar-refractivity contribution in [2.24, 2.45) is 5.92 Å². The van der Waals surface area contributed by atoms with Crippen molar-refractivity contribution in [2.75, 3.05) is 25.1 Å². The van der Waals surface area contributed by atoms with Gasteiger partial charge in [0.25, 0.3) is 5.91 Å². The first-order valence-corrected chi connectivity index (χ1v) is 6.79. The lowest BCUT2D eigenvalue weighted by Gasteiger charge is -2.19. The van der Waals surface area contributed by atoms with E-state index in [-0.39, 0.29) is 11.9 Å². The smallest absolute Gasteiger partial charge is 0.253 e. The zero-order chi connectivity index (χ0) is 13.7. The van der Waals surface area contributed by atoms with Crippen LogP contribution in [-0.4, -0.2) is 36.7 Å². The highest BCUT2D eigenvalue weighted by molar-refractivity contribution is 5.94. The van der Waals surface area contributed by atoms with Crippen molar-refractivity contribution in [3.8, 4) is 0 Å². The van der Waals surface area contributed by atoms with Crippen LogP contribution in [0.3, 0.4) is 0 Å². The van der Waals surface area contributed by atoms with E-state index in [1.54, 1.807) is 12.3 Å². The van der Waals surface area contributed by atoms with Crippen molar-refractivity contribution in [2.45, 2.75) is 26.3 Å². The zero-order valence-electron chi connectivity index (χ0n) is 11.5. The van der Waals surface area contributed by atoms with E-state index in [0.29, 0.717) is 11.5 Å². The first kappa shape index (κ1) is 13.8. The van der Waals surface area contributed by atoms with E-state index >= 15 is 0 Å². The summed E-state index contributed by atoms with van der Waals surface area (Å²) in [4.78, 5) is 16.3. The van der Waals surface area contributed by atoms with E-state index in [9.17, 15) is 4.79 Å². The summed E-state index contributed by atoms with van der Waals surface area (Å²) in [6.07, 6.45) is 2.62. The number of carbonyl (C=O) groups excluding carboxylic acids is 1. The summed E-state index contributed by atoms with van der Waals surface area (Å²) in [6.45, 7) is 6.38. The van der Waals surface area contributed by atoms with E-state index < -0.39 is 0 Å². The third-order valence-electron chi connectivity index (χ3n) is 3.41. The second kappa shape index (κ2) is 6.52. The van der Waals surface area contributed by atoms with E-state index in [0.717, 1.165) is 32.0 Å². The van der Waals surface area contributed by atoms with Gasteiger partial charge in [-0.3, -0.25) is 4.79 Å². The van der Waals surface area contributed by atoms with Gasteiger partial charge >= 0.3 is 0 Å². The molecule has 2 N–H and O–H groups in total. The first-order valence-electron chi connectivity index (χ1n) is 6.79. The fraction of sp³-hybridized carbons (Fsp3) is 0.571. The third kappa shape index (κ3) is 3.67. The minimum atomic E-state index is -0.0741. The highest BCUT2D eigenvalue weighted by Crippen LogP contribution is 2.16. The molecule has 1 amide bonds. The molecule has 1 aromatic rings. The van der Waals surface area contributed by atoms with E-state index in [2.05, 4.69) is 15.6 Å². The fourth-order valence-corrected chi connectivity index (χ4v) is 2.17. The van der Waals surface area contributed by atoms with Gasteiger partial charge in [-0.2, -0.15) is 0 Å². The van der Waals surface area contributed by atoms with Gasteiger partial charge in [-0.1, -0.05) is 0 Å². The molecule has 19 heavy (non-hydrogen) atoms. The predicted octanol–water partition coefficient (Wildman–Crippen LogP) is 1.67. The van der Waals surface area contributed by atoms with Gasteiger partial charge in [-0.05, 0) is 32.4 Å². The summed E-state index contributed by atoms with van der Waals surface area (Å²) in [6, 6.07) is 3.74. The summed E-state index contributed by atoms with van der Waals surface area (Å²) >= 11 is 0. The minimum absolute atomic E-state index is 0.0741. The van der Waals surface area contributed by atoms with Crippen molar-refractivity contribution in [1.29, 1.82) is 0 Å². The second-order valence-electron chi connectivity index (χ2n) is 4.85. The molecule has 5 nitrogen and oxygen atoms in total. The Balaban J connectivity index is 1.91. The number of anilines is 1. The average Bonchev–Trinajstić information content (AvgIpc) is 2.94. The normalized spacial score (nSPS) is 20.0. The molecular formula is C14H21N3O2. The Morgan fingerprint density at radius 3 is 3.00 bits per heavy atom. The van der Waals surface area contributed by atoms with Crippen LogP contribution in [0.25, 0.3) is 0 Å². The molecule has 1 saturated heterocycles. The maximum atomic E-state index is 12.1. The SMILES string of the molecule is CCNc1ccc(C(=O)NC(C)C2CCOC2)cn1. The lowest BCUT2D eigenvalue weighted by Crippen LogP contribution is -2.38. The molecular weight excluding hydrogens is 242 g/mol. The molecule has 0 aromatic carbocycles. The summed E-state index contributed by atoms with van der Waals surface area (Å²) in [5.41, 5.74) is 0.590. The number of rotatable bonds is 5. The summed E-state index contributed by atoms with van der Waals surface area (Å²) < 4.78 is 5.34. The molecule has 0 saturated carbocycles. The molecule has 5 heteroatoms. The summed E-state index contributed by atoms with van der Waals surface area (Å²) in [5, 5.41) is 6.11. The van der Waals surface area contributed by atoms with Crippen molar-refractivity contribution < 1.29 is 9.53 Å². The zero-order valence-corrected chi connectivity index (χ0v) is 11.5. The Kier molecular flexibility index (Phi) is 4.74. The largest absolute Gasteiger partial charge is 0.381 e. The maximum absolute atomic E-state index is 12.1. The number of aromatic nitrogens is 1. The van der Waals surface area contributed by atoms with Gasteiger partial charge in [0.2, 0.25) is 0 Å². The van der Waals surface area contributed by atoms with Crippen LogP contribution in [0.15, 0.2) is 18.3 Å². The number of carbonyl (C=O) groups is 1. The number of nitrogens with one attached hydrogen (secondary N) is 2. The Bertz CT molecular complexity index is 413.